The van der Waals surface area contributed by atoms with Gasteiger partial charge in [-0.25, -0.2) is 0 Å². The Morgan fingerprint density at radius 2 is 0.923 bits per heavy atom. The van der Waals surface area contributed by atoms with E-state index in [2.05, 4.69) is 0 Å². The van der Waals surface area contributed by atoms with Gasteiger partial charge < -0.3 is 15.3 Å². The maximum atomic E-state index is 8.36. The molecule has 84 valence electrons. The van der Waals surface area contributed by atoms with Gasteiger partial charge in [0.25, 0.3) is 0 Å². The lowest BCUT2D eigenvalue weighted by atomic mass is 10.3. The molecular formula is C10H26O3. The molecule has 0 aliphatic rings. The van der Waals surface area contributed by atoms with E-state index in [4.69, 9.17) is 15.3 Å². The van der Waals surface area contributed by atoms with E-state index in [1.54, 1.807) is 20.8 Å². The van der Waals surface area contributed by atoms with E-state index in [0.717, 1.165) is 12.8 Å². The standard InChI is InChI=1S/2C4H10O.C2H6O/c2*1-3-4(2)5;1-2-3/h2*4-5H,3H2,1-2H3;3H,2H2,1H3. The molecule has 0 aliphatic heterocycles. The van der Waals surface area contributed by atoms with Crippen LogP contribution in [0.2, 0.25) is 0 Å². The fraction of sp³-hybridized carbons (Fsp3) is 1.00. The number of aliphatic hydroxyl groups is 3. The van der Waals surface area contributed by atoms with Gasteiger partial charge in [-0.1, -0.05) is 13.8 Å². The zero-order chi connectivity index (χ0) is 11.3. The Bertz CT molecular complexity index is 55.2. The third-order valence-electron chi connectivity index (χ3n) is 1.18. The highest BCUT2D eigenvalue weighted by Crippen LogP contribution is 1.82. The zero-order valence-corrected chi connectivity index (χ0v) is 9.62. The molecule has 3 nitrogen and oxygen atoms in total. The van der Waals surface area contributed by atoms with Crippen molar-refractivity contribution in [3.8, 4) is 0 Å². The van der Waals surface area contributed by atoms with Crippen molar-refractivity contribution < 1.29 is 15.3 Å². The lowest BCUT2D eigenvalue weighted by molar-refractivity contribution is 0.190. The molecule has 0 heterocycles. The Kier molecular flexibility index (Phi) is 25.5. The van der Waals surface area contributed by atoms with Gasteiger partial charge in [-0.3, -0.25) is 0 Å². The molecule has 0 saturated heterocycles. The SMILES string of the molecule is CCC(C)O.CCC(C)O.CCO. The molecule has 0 fully saturated rings. The summed E-state index contributed by atoms with van der Waals surface area (Å²) in [6, 6.07) is 0. The van der Waals surface area contributed by atoms with E-state index in [-0.39, 0.29) is 18.8 Å². The predicted octanol–water partition coefficient (Wildman–Crippen LogP) is 1.55. The average molecular weight is 194 g/mol. The van der Waals surface area contributed by atoms with Crippen LogP contribution in [0.4, 0.5) is 0 Å². The summed E-state index contributed by atoms with van der Waals surface area (Å²) in [5.41, 5.74) is 0. The van der Waals surface area contributed by atoms with Crippen molar-refractivity contribution >= 4 is 0 Å². The first-order chi connectivity index (χ1) is 5.95. The van der Waals surface area contributed by atoms with Crippen molar-refractivity contribution in [2.75, 3.05) is 6.61 Å². The Morgan fingerprint density at radius 3 is 0.923 bits per heavy atom. The first-order valence-corrected chi connectivity index (χ1v) is 4.93. The molecule has 0 aromatic carbocycles. The predicted molar refractivity (Wildman–Crippen MR) is 56.7 cm³/mol. The molecule has 0 aromatic rings. The van der Waals surface area contributed by atoms with Crippen molar-refractivity contribution in [2.24, 2.45) is 0 Å². The summed E-state index contributed by atoms with van der Waals surface area (Å²) in [4.78, 5) is 0. The molecule has 0 amide bonds. The van der Waals surface area contributed by atoms with Crippen LogP contribution in [0.25, 0.3) is 0 Å². The number of hydrogen-bond donors (Lipinski definition) is 3. The summed E-state index contributed by atoms with van der Waals surface area (Å²) in [7, 11) is 0. The normalized spacial score (nSPS) is 12.9. The minimum atomic E-state index is -0.116. The van der Waals surface area contributed by atoms with Gasteiger partial charge in [-0.05, 0) is 33.6 Å². The second kappa shape index (κ2) is 17.8. The van der Waals surface area contributed by atoms with Gasteiger partial charge in [0.1, 0.15) is 0 Å². The lowest BCUT2D eigenvalue weighted by Gasteiger charge is -1.90. The van der Waals surface area contributed by atoms with E-state index in [1.807, 2.05) is 13.8 Å². The third kappa shape index (κ3) is 77.0. The summed E-state index contributed by atoms with van der Waals surface area (Å²) in [5.74, 6) is 0. The van der Waals surface area contributed by atoms with E-state index >= 15 is 0 Å². The van der Waals surface area contributed by atoms with Crippen LogP contribution in [0, 0.1) is 0 Å². The minimum Gasteiger partial charge on any atom is -0.397 e. The molecule has 3 N–H and O–H groups in total. The quantitative estimate of drug-likeness (QED) is 0.625. The summed E-state index contributed by atoms with van der Waals surface area (Å²) in [5, 5.41) is 24.3. The van der Waals surface area contributed by atoms with Crippen molar-refractivity contribution in [3.05, 3.63) is 0 Å². The summed E-state index contributed by atoms with van der Waals surface area (Å²) in [6.07, 6.45) is 1.49. The highest BCUT2D eigenvalue weighted by Gasteiger charge is 1.82. The molecule has 0 saturated carbocycles. The average Bonchev–Trinajstić information content (AvgIpc) is 2.07. The lowest BCUT2D eigenvalue weighted by Crippen LogP contribution is -1.93. The van der Waals surface area contributed by atoms with Gasteiger partial charge in [-0.2, -0.15) is 0 Å². The van der Waals surface area contributed by atoms with E-state index in [1.165, 1.54) is 0 Å². The summed E-state index contributed by atoms with van der Waals surface area (Å²) >= 11 is 0. The second-order valence-corrected chi connectivity index (χ2v) is 2.83. The van der Waals surface area contributed by atoms with Gasteiger partial charge in [0.2, 0.25) is 0 Å². The fourth-order valence-corrected chi connectivity index (χ4v) is 0. The van der Waals surface area contributed by atoms with Crippen LogP contribution in [-0.4, -0.2) is 34.1 Å². The van der Waals surface area contributed by atoms with Crippen molar-refractivity contribution in [1.82, 2.24) is 0 Å². The van der Waals surface area contributed by atoms with Crippen LogP contribution in [0.3, 0.4) is 0 Å². The van der Waals surface area contributed by atoms with E-state index < -0.39 is 0 Å². The number of rotatable bonds is 2. The summed E-state index contributed by atoms with van der Waals surface area (Å²) < 4.78 is 0. The summed E-state index contributed by atoms with van der Waals surface area (Å²) in [6.45, 7) is 9.38. The molecule has 0 spiro atoms. The Balaban J connectivity index is -0.000000120. The zero-order valence-electron chi connectivity index (χ0n) is 9.62. The smallest absolute Gasteiger partial charge is 0.0509 e. The Labute approximate surface area is 82.4 Å². The number of aliphatic hydroxyl groups excluding tert-OH is 3. The van der Waals surface area contributed by atoms with Crippen LogP contribution >= 0.6 is 0 Å². The molecule has 2 atom stereocenters. The van der Waals surface area contributed by atoms with Gasteiger partial charge in [0.05, 0.1) is 12.2 Å². The monoisotopic (exact) mass is 194 g/mol. The van der Waals surface area contributed by atoms with Crippen LogP contribution in [0.15, 0.2) is 0 Å². The molecule has 0 radical (unpaired) electrons. The van der Waals surface area contributed by atoms with E-state index in [9.17, 15) is 0 Å². The Morgan fingerprint density at radius 1 is 0.846 bits per heavy atom. The van der Waals surface area contributed by atoms with Crippen molar-refractivity contribution in [3.63, 3.8) is 0 Å². The van der Waals surface area contributed by atoms with Gasteiger partial charge in [0, 0.05) is 6.61 Å². The minimum absolute atomic E-state index is 0.116. The van der Waals surface area contributed by atoms with Crippen LogP contribution in [0.1, 0.15) is 47.5 Å². The van der Waals surface area contributed by atoms with E-state index in [0.29, 0.717) is 0 Å². The topological polar surface area (TPSA) is 60.7 Å². The highest BCUT2D eigenvalue weighted by molar-refractivity contribution is 4.34. The molecule has 0 aliphatic carbocycles. The number of hydrogen-bond acceptors (Lipinski definition) is 3. The first-order valence-electron chi connectivity index (χ1n) is 4.93. The largest absolute Gasteiger partial charge is 0.397 e. The second-order valence-electron chi connectivity index (χ2n) is 2.83. The molecule has 2 unspecified atom stereocenters. The van der Waals surface area contributed by atoms with Gasteiger partial charge in [0.15, 0.2) is 0 Å². The molecule has 0 rings (SSSR count). The molecule has 3 heteroatoms. The van der Waals surface area contributed by atoms with Gasteiger partial charge in [-0.15, -0.1) is 0 Å². The Hall–Kier alpha value is -0.120. The molecular weight excluding hydrogens is 168 g/mol. The molecule has 13 heavy (non-hydrogen) atoms. The maximum absolute atomic E-state index is 8.36. The van der Waals surface area contributed by atoms with Crippen molar-refractivity contribution in [1.29, 1.82) is 0 Å². The van der Waals surface area contributed by atoms with Gasteiger partial charge >= 0.3 is 0 Å². The van der Waals surface area contributed by atoms with Crippen LogP contribution in [0.5, 0.6) is 0 Å². The van der Waals surface area contributed by atoms with Crippen molar-refractivity contribution in [2.45, 2.75) is 59.7 Å². The van der Waals surface area contributed by atoms with Crippen LogP contribution in [-0.2, 0) is 0 Å². The molecule has 0 bridgehead atoms. The molecule has 0 aromatic heterocycles. The van der Waals surface area contributed by atoms with Crippen LogP contribution < -0.4 is 0 Å². The highest BCUT2D eigenvalue weighted by atomic mass is 16.3. The third-order valence-corrected chi connectivity index (χ3v) is 1.18. The first kappa shape index (κ1) is 18.6. The maximum Gasteiger partial charge on any atom is 0.0509 e. The fourth-order valence-electron chi connectivity index (χ4n) is 0.